The van der Waals surface area contributed by atoms with Gasteiger partial charge in [0.05, 0.1) is 4.99 Å². The van der Waals surface area contributed by atoms with E-state index >= 15 is 0 Å². The minimum Gasteiger partial charge on any atom is -0.504 e. The molecule has 0 saturated carbocycles. The van der Waals surface area contributed by atoms with Gasteiger partial charge in [-0.05, 0) is 73.1 Å². The van der Waals surface area contributed by atoms with E-state index < -0.39 is 0 Å². The Kier molecular flexibility index (Phi) is 5.82. The predicted octanol–water partition coefficient (Wildman–Crippen LogP) is 4.85. The van der Waals surface area contributed by atoms with Crippen molar-refractivity contribution in [1.82, 2.24) is 4.90 Å². The SMILES string of the molecule is Oc1cc2c(cc1O)CN(C(=S)CCCc1ccc(Cl)cc1)CCC2. The highest BCUT2D eigenvalue weighted by Crippen LogP contribution is 2.31. The molecule has 3 rings (SSSR count). The molecular formula is C20H22ClNO2S. The van der Waals surface area contributed by atoms with Crippen molar-refractivity contribution < 1.29 is 10.2 Å². The van der Waals surface area contributed by atoms with Gasteiger partial charge in [-0.1, -0.05) is 36.0 Å². The highest BCUT2D eigenvalue weighted by Gasteiger charge is 2.18. The number of halogens is 1. The maximum absolute atomic E-state index is 9.77. The third kappa shape index (κ3) is 4.65. The molecule has 0 amide bonds. The number of benzene rings is 2. The normalized spacial score (nSPS) is 14.0. The van der Waals surface area contributed by atoms with E-state index in [0.29, 0.717) is 6.54 Å². The molecule has 3 nitrogen and oxygen atoms in total. The Morgan fingerprint density at radius 3 is 2.48 bits per heavy atom. The molecule has 2 N–H and O–H groups in total. The van der Waals surface area contributed by atoms with Crippen LogP contribution in [0.25, 0.3) is 0 Å². The summed E-state index contributed by atoms with van der Waals surface area (Å²) >= 11 is 11.6. The predicted molar refractivity (Wildman–Crippen MR) is 105 cm³/mol. The van der Waals surface area contributed by atoms with E-state index in [1.165, 1.54) is 5.56 Å². The molecular weight excluding hydrogens is 354 g/mol. The van der Waals surface area contributed by atoms with Gasteiger partial charge in [-0.2, -0.15) is 0 Å². The molecule has 0 saturated heterocycles. The van der Waals surface area contributed by atoms with E-state index in [-0.39, 0.29) is 11.5 Å². The number of nitrogens with zero attached hydrogens (tertiary/aromatic N) is 1. The van der Waals surface area contributed by atoms with Crippen molar-refractivity contribution in [3.05, 3.63) is 58.1 Å². The Balaban J connectivity index is 1.58. The lowest BCUT2D eigenvalue weighted by Gasteiger charge is -2.24. The number of fused-ring (bicyclic) bond motifs is 1. The van der Waals surface area contributed by atoms with Crippen LogP contribution in [0.4, 0.5) is 0 Å². The van der Waals surface area contributed by atoms with E-state index in [9.17, 15) is 10.2 Å². The fraction of sp³-hybridized carbons (Fsp3) is 0.350. The van der Waals surface area contributed by atoms with Gasteiger partial charge < -0.3 is 15.1 Å². The van der Waals surface area contributed by atoms with Gasteiger partial charge in [0.25, 0.3) is 0 Å². The number of phenolic OH excluding ortho intramolecular Hbond substituents is 2. The molecule has 1 aliphatic heterocycles. The van der Waals surface area contributed by atoms with Gasteiger partial charge in [0.15, 0.2) is 11.5 Å². The van der Waals surface area contributed by atoms with Crippen molar-refractivity contribution in [3.8, 4) is 11.5 Å². The summed E-state index contributed by atoms with van der Waals surface area (Å²) in [5.74, 6) is -0.105. The van der Waals surface area contributed by atoms with Crippen LogP contribution in [0.2, 0.25) is 5.02 Å². The molecule has 0 unspecified atom stereocenters. The van der Waals surface area contributed by atoms with Gasteiger partial charge in [0.2, 0.25) is 0 Å². The smallest absolute Gasteiger partial charge is 0.157 e. The molecule has 0 spiro atoms. The number of hydrogen-bond acceptors (Lipinski definition) is 3. The molecule has 1 heterocycles. The first-order chi connectivity index (χ1) is 12.0. The maximum atomic E-state index is 9.77. The van der Waals surface area contributed by atoms with Crippen LogP contribution in [0.1, 0.15) is 36.0 Å². The molecule has 25 heavy (non-hydrogen) atoms. The van der Waals surface area contributed by atoms with Crippen molar-refractivity contribution in [2.24, 2.45) is 0 Å². The zero-order valence-electron chi connectivity index (χ0n) is 14.0. The molecule has 1 aliphatic rings. The monoisotopic (exact) mass is 375 g/mol. The second kappa shape index (κ2) is 8.07. The summed E-state index contributed by atoms with van der Waals surface area (Å²) in [7, 11) is 0. The Morgan fingerprint density at radius 2 is 1.76 bits per heavy atom. The number of hydrogen-bond donors (Lipinski definition) is 2. The zero-order chi connectivity index (χ0) is 17.8. The molecule has 5 heteroatoms. The van der Waals surface area contributed by atoms with E-state index in [1.807, 2.05) is 12.1 Å². The maximum Gasteiger partial charge on any atom is 0.157 e. The van der Waals surface area contributed by atoms with Crippen LogP contribution >= 0.6 is 23.8 Å². The summed E-state index contributed by atoms with van der Waals surface area (Å²) in [6, 6.07) is 11.3. The molecule has 0 fully saturated rings. The Hall–Kier alpha value is -1.78. The average Bonchev–Trinajstić information content (AvgIpc) is 2.79. The van der Waals surface area contributed by atoms with Crippen LogP contribution in [-0.4, -0.2) is 26.6 Å². The standard InChI is InChI=1S/C20H22ClNO2S/c21-17-8-6-14(7-9-17)3-1-5-20(25)22-10-2-4-15-11-18(23)19(24)12-16(15)13-22/h6-9,11-12,23-24H,1-5,10,13H2. The first-order valence-electron chi connectivity index (χ1n) is 8.59. The number of rotatable bonds is 4. The Morgan fingerprint density at radius 1 is 1.08 bits per heavy atom. The second-order valence-corrected chi connectivity index (χ2v) is 7.42. The highest BCUT2D eigenvalue weighted by atomic mass is 35.5. The summed E-state index contributed by atoms with van der Waals surface area (Å²) in [6.45, 7) is 1.61. The first kappa shape index (κ1) is 18.0. The topological polar surface area (TPSA) is 43.7 Å². The molecule has 2 aromatic carbocycles. The molecule has 0 atom stereocenters. The van der Waals surface area contributed by atoms with Crippen molar-refractivity contribution in [2.75, 3.05) is 6.54 Å². The van der Waals surface area contributed by atoms with E-state index in [0.717, 1.165) is 59.8 Å². The average molecular weight is 376 g/mol. The minimum atomic E-state index is -0.0609. The Labute approximate surface area is 158 Å². The number of aryl methyl sites for hydroxylation is 2. The van der Waals surface area contributed by atoms with Crippen molar-refractivity contribution in [2.45, 2.75) is 38.6 Å². The molecule has 0 aromatic heterocycles. The summed E-state index contributed by atoms with van der Waals surface area (Å²) in [4.78, 5) is 3.19. The fourth-order valence-corrected chi connectivity index (χ4v) is 3.68. The van der Waals surface area contributed by atoms with E-state index in [2.05, 4.69) is 17.0 Å². The first-order valence-corrected chi connectivity index (χ1v) is 9.37. The van der Waals surface area contributed by atoms with E-state index in [4.69, 9.17) is 23.8 Å². The van der Waals surface area contributed by atoms with Crippen LogP contribution in [0.15, 0.2) is 36.4 Å². The molecule has 0 bridgehead atoms. The van der Waals surface area contributed by atoms with Crippen molar-refractivity contribution in [3.63, 3.8) is 0 Å². The van der Waals surface area contributed by atoms with Crippen LogP contribution in [0, 0.1) is 0 Å². The fourth-order valence-electron chi connectivity index (χ4n) is 3.25. The van der Waals surface area contributed by atoms with Gasteiger partial charge >= 0.3 is 0 Å². The largest absolute Gasteiger partial charge is 0.504 e. The quantitative estimate of drug-likeness (QED) is 0.592. The van der Waals surface area contributed by atoms with Gasteiger partial charge in [0.1, 0.15) is 0 Å². The molecule has 0 radical (unpaired) electrons. The summed E-state index contributed by atoms with van der Waals surface area (Å²) in [6.07, 6.45) is 4.75. The highest BCUT2D eigenvalue weighted by molar-refractivity contribution is 7.80. The van der Waals surface area contributed by atoms with Gasteiger partial charge in [-0.3, -0.25) is 0 Å². The lowest BCUT2D eigenvalue weighted by molar-refractivity contribution is 0.398. The van der Waals surface area contributed by atoms with Gasteiger partial charge in [0, 0.05) is 18.1 Å². The van der Waals surface area contributed by atoms with Crippen molar-refractivity contribution in [1.29, 1.82) is 0 Å². The number of phenols is 2. The summed E-state index contributed by atoms with van der Waals surface area (Å²) in [5.41, 5.74) is 3.42. The lowest BCUT2D eigenvalue weighted by Crippen LogP contribution is -2.29. The molecule has 0 aliphatic carbocycles. The van der Waals surface area contributed by atoms with Crippen LogP contribution in [0.3, 0.4) is 0 Å². The molecule has 132 valence electrons. The minimum absolute atomic E-state index is 0.0438. The number of thiocarbonyl (C=S) groups is 1. The van der Waals surface area contributed by atoms with Crippen LogP contribution in [0.5, 0.6) is 11.5 Å². The third-order valence-corrected chi connectivity index (χ3v) is 5.37. The zero-order valence-corrected chi connectivity index (χ0v) is 15.6. The van der Waals surface area contributed by atoms with Crippen LogP contribution < -0.4 is 0 Å². The number of aromatic hydroxyl groups is 2. The van der Waals surface area contributed by atoms with E-state index in [1.54, 1.807) is 12.1 Å². The van der Waals surface area contributed by atoms with Crippen molar-refractivity contribution >= 4 is 28.8 Å². The summed E-state index contributed by atoms with van der Waals surface area (Å²) < 4.78 is 0. The Bertz CT molecular complexity index is 761. The summed E-state index contributed by atoms with van der Waals surface area (Å²) in [5, 5.41) is 20.2. The van der Waals surface area contributed by atoms with Crippen LogP contribution in [-0.2, 0) is 19.4 Å². The molecule has 2 aromatic rings. The van der Waals surface area contributed by atoms with Gasteiger partial charge in [-0.15, -0.1) is 0 Å². The lowest BCUT2D eigenvalue weighted by atomic mass is 10.0. The second-order valence-electron chi connectivity index (χ2n) is 6.51. The third-order valence-electron chi connectivity index (χ3n) is 4.65. The van der Waals surface area contributed by atoms with Gasteiger partial charge in [-0.25, -0.2) is 0 Å².